The molecule has 0 heterocycles. The SMILES string of the molecule is CNCC(=O)N(C)C1=CC=CCC1. The monoisotopic (exact) mass is 180 g/mol. The van der Waals surface area contributed by atoms with Gasteiger partial charge in [0, 0.05) is 12.7 Å². The molecule has 72 valence electrons. The Morgan fingerprint density at radius 1 is 1.69 bits per heavy atom. The van der Waals surface area contributed by atoms with Crippen molar-refractivity contribution in [2.24, 2.45) is 0 Å². The van der Waals surface area contributed by atoms with Crippen molar-refractivity contribution in [2.75, 3.05) is 20.6 Å². The van der Waals surface area contributed by atoms with Gasteiger partial charge < -0.3 is 10.2 Å². The summed E-state index contributed by atoms with van der Waals surface area (Å²) in [6.45, 7) is 0.400. The van der Waals surface area contributed by atoms with E-state index in [0.717, 1.165) is 18.5 Å². The highest BCUT2D eigenvalue weighted by Crippen LogP contribution is 2.14. The lowest BCUT2D eigenvalue weighted by molar-refractivity contribution is -0.127. The van der Waals surface area contributed by atoms with E-state index in [4.69, 9.17) is 0 Å². The fourth-order valence-electron chi connectivity index (χ4n) is 1.30. The molecule has 0 saturated carbocycles. The van der Waals surface area contributed by atoms with Crippen LogP contribution in [0.5, 0.6) is 0 Å². The molecule has 0 aromatic heterocycles. The van der Waals surface area contributed by atoms with Crippen molar-refractivity contribution in [1.29, 1.82) is 0 Å². The average molecular weight is 180 g/mol. The first-order chi connectivity index (χ1) is 6.25. The minimum atomic E-state index is 0.115. The summed E-state index contributed by atoms with van der Waals surface area (Å²) in [5.74, 6) is 0.115. The Bertz CT molecular complexity index is 243. The molecule has 0 aromatic rings. The van der Waals surface area contributed by atoms with Crippen molar-refractivity contribution < 1.29 is 4.79 Å². The van der Waals surface area contributed by atoms with Gasteiger partial charge >= 0.3 is 0 Å². The summed E-state index contributed by atoms with van der Waals surface area (Å²) < 4.78 is 0. The van der Waals surface area contributed by atoms with Crippen molar-refractivity contribution in [2.45, 2.75) is 12.8 Å². The van der Waals surface area contributed by atoms with Crippen LogP contribution in [0, 0.1) is 0 Å². The van der Waals surface area contributed by atoms with Gasteiger partial charge in [0.15, 0.2) is 0 Å². The molecular formula is C10H16N2O. The van der Waals surface area contributed by atoms with E-state index in [-0.39, 0.29) is 5.91 Å². The Balaban J connectivity index is 2.55. The summed E-state index contributed by atoms with van der Waals surface area (Å²) in [5, 5.41) is 2.85. The first kappa shape index (κ1) is 9.99. The van der Waals surface area contributed by atoms with Crippen molar-refractivity contribution in [3.05, 3.63) is 23.9 Å². The summed E-state index contributed by atoms with van der Waals surface area (Å²) in [5.41, 5.74) is 1.10. The quantitative estimate of drug-likeness (QED) is 0.699. The molecule has 0 aliphatic heterocycles. The standard InChI is InChI=1S/C10H16N2O/c1-11-8-10(13)12(2)9-6-4-3-5-7-9/h3-4,6,11H,5,7-8H2,1-2H3. The zero-order valence-electron chi connectivity index (χ0n) is 8.21. The molecule has 1 amide bonds. The van der Waals surface area contributed by atoms with Gasteiger partial charge in [0.05, 0.1) is 6.54 Å². The second-order valence-corrected chi connectivity index (χ2v) is 3.11. The third-order valence-corrected chi connectivity index (χ3v) is 2.12. The van der Waals surface area contributed by atoms with Crippen LogP contribution < -0.4 is 5.32 Å². The number of likely N-dealkylation sites (N-methyl/N-ethyl adjacent to an activating group) is 2. The number of carbonyl (C=O) groups is 1. The molecule has 3 nitrogen and oxygen atoms in total. The van der Waals surface area contributed by atoms with E-state index < -0.39 is 0 Å². The van der Waals surface area contributed by atoms with Gasteiger partial charge in [0.25, 0.3) is 0 Å². The largest absolute Gasteiger partial charge is 0.318 e. The first-order valence-corrected chi connectivity index (χ1v) is 4.52. The highest BCUT2D eigenvalue weighted by Gasteiger charge is 2.12. The van der Waals surface area contributed by atoms with Gasteiger partial charge in [-0.25, -0.2) is 0 Å². The van der Waals surface area contributed by atoms with Crippen LogP contribution in [0.15, 0.2) is 23.9 Å². The molecule has 1 rings (SSSR count). The maximum absolute atomic E-state index is 11.4. The number of nitrogens with one attached hydrogen (secondary N) is 1. The minimum Gasteiger partial charge on any atom is -0.318 e. The number of amides is 1. The van der Waals surface area contributed by atoms with Crippen LogP contribution in [0.3, 0.4) is 0 Å². The van der Waals surface area contributed by atoms with E-state index in [1.165, 1.54) is 0 Å². The van der Waals surface area contributed by atoms with Gasteiger partial charge in [0.2, 0.25) is 5.91 Å². The highest BCUT2D eigenvalue weighted by atomic mass is 16.2. The van der Waals surface area contributed by atoms with Crippen LogP contribution >= 0.6 is 0 Å². The second-order valence-electron chi connectivity index (χ2n) is 3.11. The number of hydrogen-bond acceptors (Lipinski definition) is 2. The number of nitrogens with zero attached hydrogens (tertiary/aromatic N) is 1. The zero-order chi connectivity index (χ0) is 9.68. The molecule has 0 atom stereocenters. The van der Waals surface area contributed by atoms with Gasteiger partial charge in [-0.05, 0) is 26.0 Å². The summed E-state index contributed by atoms with van der Waals surface area (Å²) in [6.07, 6.45) is 8.10. The van der Waals surface area contributed by atoms with Crippen molar-refractivity contribution in [3.8, 4) is 0 Å². The lowest BCUT2D eigenvalue weighted by atomic mass is 10.1. The van der Waals surface area contributed by atoms with E-state index >= 15 is 0 Å². The van der Waals surface area contributed by atoms with Crippen LogP contribution in [0.4, 0.5) is 0 Å². The maximum atomic E-state index is 11.4. The molecule has 1 aliphatic carbocycles. The third kappa shape index (κ3) is 2.70. The molecule has 0 saturated heterocycles. The fourth-order valence-corrected chi connectivity index (χ4v) is 1.30. The van der Waals surface area contributed by atoms with E-state index in [0.29, 0.717) is 6.54 Å². The number of allylic oxidation sites excluding steroid dienone is 4. The molecule has 1 aliphatic rings. The summed E-state index contributed by atoms with van der Waals surface area (Å²) >= 11 is 0. The van der Waals surface area contributed by atoms with E-state index in [1.807, 2.05) is 19.2 Å². The molecule has 0 fully saturated rings. The van der Waals surface area contributed by atoms with Crippen LogP contribution in [0.25, 0.3) is 0 Å². The predicted octanol–water partition coefficient (Wildman–Crippen LogP) is 0.898. The predicted molar refractivity (Wildman–Crippen MR) is 53.2 cm³/mol. The Morgan fingerprint density at radius 2 is 2.46 bits per heavy atom. The number of carbonyl (C=O) groups excluding carboxylic acids is 1. The molecule has 3 heteroatoms. The fraction of sp³-hybridized carbons (Fsp3) is 0.500. The average Bonchev–Trinajstić information content (AvgIpc) is 2.18. The van der Waals surface area contributed by atoms with Gasteiger partial charge in [-0.2, -0.15) is 0 Å². The van der Waals surface area contributed by atoms with Crippen molar-refractivity contribution in [3.63, 3.8) is 0 Å². The molecular weight excluding hydrogens is 164 g/mol. The minimum absolute atomic E-state index is 0.115. The Kier molecular flexibility index (Phi) is 3.71. The first-order valence-electron chi connectivity index (χ1n) is 4.52. The van der Waals surface area contributed by atoms with E-state index in [9.17, 15) is 4.79 Å². The maximum Gasteiger partial charge on any atom is 0.240 e. The molecule has 0 spiro atoms. The second kappa shape index (κ2) is 4.82. The number of rotatable bonds is 3. The zero-order valence-corrected chi connectivity index (χ0v) is 8.21. The van der Waals surface area contributed by atoms with Crippen LogP contribution in [-0.2, 0) is 4.79 Å². The van der Waals surface area contributed by atoms with E-state index in [1.54, 1.807) is 11.9 Å². The third-order valence-electron chi connectivity index (χ3n) is 2.12. The van der Waals surface area contributed by atoms with Crippen LogP contribution in [0.2, 0.25) is 0 Å². The lowest BCUT2D eigenvalue weighted by Crippen LogP contribution is -2.33. The normalized spacial score (nSPS) is 15.4. The summed E-state index contributed by atoms with van der Waals surface area (Å²) in [7, 11) is 3.60. The summed E-state index contributed by atoms with van der Waals surface area (Å²) in [4.78, 5) is 13.2. The topological polar surface area (TPSA) is 32.3 Å². The molecule has 0 radical (unpaired) electrons. The van der Waals surface area contributed by atoms with E-state index in [2.05, 4.69) is 11.4 Å². The number of hydrogen-bond donors (Lipinski definition) is 1. The lowest BCUT2D eigenvalue weighted by Gasteiger charge is -2.21. The van der Waals surface area contributed by atoms with Crippen molar-refractivity contribution in [1.82, 2.24) is 10.2 Å². The molecule has 0 aromatic carbocycles. The molecule has 13 heavy (non-hydrogen) atoms. The Hall–Kier alpha value is -1.09. The van der Waals surface area contributed by atoms with Gasteiger partial charge in [-0.1, -0.05) is 12.2 Å². The van der Waals surface area contributed by atoms with Gasteiger partial charge in [-0.3, -0.25) is 4.79 Å². The van der Waals surface area contributed by atoms with Crippen molar-refractivity contribution >= 4 is 5.91 Å². The smallest absolute Gasteiger partial charge is 0.240 e. The van der Waals surface area contributed by atoms with Crippen LogP contribution in [0.1, 0.15) is 12.8 Å². The van der Waals surface area contributed by atoms with Gasteiger partial charge in [-0.15, -0.1) is 0 Å². The molecule has 0 bridgehead atoms. The Labute approximate surface area is 79.1 Å². The molecule has 0 unspecified atom stereocenters. The Morgan fingerprint density at radius 3 is 3.00 bits per heavy atom. The van der Waals surface area contributed by atoms with Crippen LogP contribution in [-0.4, -0.2) is 31.4 Å². The molecule has 1 N–H and O–H groups in total. The van der Waals surface area contributed by atoms with Gasteiger partial charge in [0.1, 0.15) is 0 Å². The summed E-state index contributed by atoms with van der Waals surface area (Å²) in [6, 6.07) is 0. The highest BCUT2D eigenvalue weighted by molar-refractivity contribution is 5.79.